The highest BCUT2D eigenvalue weighted by Crippen LogP contribution is 2.30. The SMILES string of the molecule is CCCNc1ncnc(Sc2nc3ccccc3[nH]2)c1C. The number of para-hydroxylation sites is 2. The Morgan fingerprint density at radius 3 is 2.90 bits per heavy atom. The predicted octanol–water partition coefficient (Wildman–Crippen LogP) is 3.63. The van der Waals surface area contributed by atoms with E-state index in [1.54, 1.807) is 6.33 Å². The highest BCUT2D eigenvalue weighted by molar-refractivity contribution is 7.99. The molecule has 3 rings (SSSR count). The van der Waals surface area contributed by atoms with Crippen molar-refractivity contribution in [1.82, 2.24) is 19.9 Å². The molecule has 3 aromatic rings. The molecule has 0 bridgehead atoms. The molecule has 0 spiro atoms. The smallest absolute Gasteiger partial charge is 0.172 e. The largest absolute Gasteiger partial charge is 0.370 e. The third-order valence-electron chi connectivity index (χ3n) is 3.14. The molecule has 0 aliphatic heterocycles. The fourth-order valence-corrected chi connectivity index (χ4v) is 2.87. The predicted molar refractivity (Wildman–Crippen MR) is 85.8 cm³/mol. The maximum Gasteiger partial charge on any atom is 0.172 e. The minimum atomic E-state index is 0.847. The highest BCUT2D eigenvalue weighted by atomic mass is 32.2. The van der Waals surface area contributed by atoms with Crippen LogP contribution < -0.4 is 5.32 Å². The van der Waals surface area contributed by atoms with Crippen molar-refractivity contribution in [3.8, 4) is 0 Å². The first-order valence-electron chi connectivity index (χ1n) is 6.96. The summed E-state index contributed by atoms with van der Waals surface area (Å²) in [5.74, 6) is 0.894. The summed E-state index contributed by atoms with van der Waals surface area (Å²) in [7, 11) is 0. The first-order chi connectivity index (χ1) is 10.3. The zero-order chi connectivity index (χ0) is 14.7. The number of hydrogen-bond donors (Lipinski definition) is 2. The van der Waals surface area contributed by atoms with E-state index < -0.39 is 0 Å². The van der Waals surface area contributed by atoms with Crippen LogP contribution in [0.3, 0.4) is 0 Å². The van der Waals surface area contributed by atoms with Crippen LogP contribution in [-0.4, -0.2) is 26.5 Å². The second kappa shape index (κ2) is 6.13. The normalized spacial score (nSPS) is 11.0. The van der Waals surface area contributed by atoms with Crippen LogP contribution in [0.4, 0.5) is 5.82 Å². The summed E-state index contributed by atoms with van der Waals surface area (Å²) in [4.78, 5) is 16.5. The lowest BCUT2D eigenvalue weighted by Gasteiger charge is -2.09. The lowest BCUT2D eigenvalue weighted by atomic mass is 10.3. The monoisotopic (exact) mass is 299 g/mol. The Hall–Kier alpha value is -2.08. The van der Waals surface area contributed by atoms with E-state index in [-0.39, 0.29) is 0 Å². The first kappa shape index (κ1) is 13.9. The second-order valence-electron chi connectivity index (χ2n) is 4.74. The van der Waals surface area contributed by atoms with Crippen molar-refractivity contribution in [2.24, 2.45) is 0 Å². The van der Waals surface area contributed by atoms with Gasteiger partial charge in [-0.3, -0.25) is 0 Å². The van der Waals surface area contributed by atoms with Crippen molar-refractivity contribution < 1.29 is 0 Å². The van der Waals surface area contributed by atoms with Gasteiger partial charge in [0, 0.05) is 12.1 Å². The van der Waals surface area contributed by atoms with Gasteiger partial charge in [-0.15, -0.1) is 0 Å². The molecule has 0 unspecified atom stereocenters. The molecule has 5 nitrogen and oxygen atoms in total. The van der Waals surface area contributed by atoms with Crippen LogP contribution >= 0.6 is 11.8 Å². The van der Waals surface area contributed by atoms with Crippen molar-refractivity contribution in [2.45, 2.75) is 30.5 Å². The van der Waals surface area contributed by atoms with Gasteiger partial charge in [0.15, 0.2) is 5.16 Å². The van der Waals surface area contributed by atoms with E-state index in [1.165, 1.54) is 11.8 Å². The van der Waals surface area contributed by atoms with Crippen LogP contribution in [0.15, 0.2) is 40.8 Å². The summed E-state index contributed by atoms with van der Waals surface area (Å²) in [6.07, 6.45) is 2.66. The molecule has 108 valence electrons. The standard InChI is InChI=1S/C15H17N5S/c1-3-8-16-13-10(2)14(18-9-17-13)21-15-19-11-6-4-5-7-12(11)20-15/h4-7,9H,3,8H2,1-2H3,(H,19,20)(H,16,17,18). The number of nitrogens with zero attached hydrogens (tertiary/aromatic N) is 3. The Labute approximate surface area is 127 Å². The van der Waals surface area contributed by atoms with Crippen molar-refractivity contribution in [1.29, 1.82) is 0 Å². The van der Waals surface area contributed by atoms with E-state index in [9.17, 15) is 0 Å². The number of nitrogens with one attached hydrogen (secondary N) is 2. The van der Waals surface area contributed by atoms with Crippen LogP contribution in [0.5, 0.6) is 0 Å². The molecule has 0 saturated carbocycles. The van der Waals surface area contributed by atoms with E-state index >= 15 is 0 Å². The molecule has 2 aromatic heterocycles. The van der Waals surface area contributed by atoms with Gasteiger partial charge >= 0.3 is 0 Å². The second-order valence-corrected chi connectivity index (χ2v) is 5.72. The molecule has 6 heteroatoms. The molecule has 0 aliphatic carbocycles. The average Bonchev–Trinajstić information content (AvgIpc) is 2.90. The van der Waals surface area contributed by atoms with E-state index in [0.29, 0.717) is 0 Å². The van der Waals surface area contributed by atoms with Crippen LogP contribution in [0.25, 0.3) is 11.0 Å². The lowest BCUT2D eigenvalue weighted by molar-refractivity contribution is 0.936. The lowest BCUT2D eigenvalue weighted by Crippen LogP contribution is -2.05. The number of aromatic amines is 1. The zero-order valence-electron chi connectivity index (χ0n) is 12.1. The average molecular weight is 299 g/mol. The molecule has 0 saturated heterocycles. The maximum atomic E-state index is 4.57. The quantitative estimate of drug-likeness (QED) is 0.704. The van der Waals surface area contributed by atoms with Crippen LogP contribution in [0.2, 0.25) is 0 Å². The first-order valence-corrected chi connectivity index (χ1v) is 7.77. The molecule has 0 aliphatic rings. The fourth-order valence-electron chi connectivity index (χ4n) is 2.03. The number of rotatable bonds is 5. The van der Waals surface area contributed by atoms with E-state index in [0.717, 1.165) is 45.6 Å². The summed E-state index contributed by atoms with van der Waals surface area (Å²) in [6, 6.07) is 8.00. The maximum absolute atomic E-state index is 4.57. The molecule has 0 radical (unpaired) electrons. The van der Waals surface area contributed by atoms with E-state index in [4.69, 9.17) is 0 Å². The molecule has 1 aromatic carbocycles. The Balaban J connectivity index is 1.87. The van der Waals surface area contributed by atoms with Crippen LogP contribution in [-0.2, 0) is 0 Å². The van der Waals surface area contributed by atoms with Gasteiger partial charge in [-0.1, -0.05) is 19.1 Å². The summed E-state index contributed by atoms with van der Waals surface area (Å²) in [5, 5.41) is 5.09. The topological polar surface area (TPSA) is 66.5 Å². The minimum absolute atomic E-state index is 0.847. The summed E-state index contributed by atoms with van der Waals surface area (Å²) < 4.78 is 0. The molecule has 0 fully saturated rings. The molecule has 0 atom stereocenters. The third-order valence-corrected chi connectivity index (χ3v) is 4.13. The van der Waals surface area contributed by atoms with Crippen LogP contribution in [0.1, 0.15) is 18.9 Å². The van der Waals surface area contributed by atoms with Gasteiger partial charge in [-0.25, -0.2) is 15.0 Å². The molecular weight excluding hydrogens is 282 g/mol. The number of aromatic nitrogens is 4. The molecular formula is C15H17N5S. The Bertz CT molecular complexity index is 720. The Kier molecular flexibility index (Phi) is 4.06. The van der Waals surface area contributed by atoms with E-state index in [1.807, 2.05) is 31.2 Å². The molecule has 2 heterocycles. The van der Waals surface area contributed by atoms with Crippen molar-refractivity contribution in [2.75, 3.05) is 11.9 Å². The number of hydrogen-bond acceptors (Lipinski definition) is 5. The van der Waals surface area contributed by atoms with Gasteiger partial charge < -0.3 is 10.3 Å². The molecule has 21 heavy (non-hydrogen) atoms. The molecule has 0 amide bonds. The van der Waals surface area contributed by atoms with Crippen molar-refractivity contribution in [3.63, 3.8) is 0 Å². The highest BCUT2D eigenvalue weighted by Gasteiger charge is 2.10. The fraction of sp³-hybridized carbons (Fsp3) is 0.267. The van der Waals surface area contributed by atoms with Crippen LogP contribution in [0, 0.1) is 6.92 Å². The van der Waals surface area contributed by atoms with Gasteiger partial charge in [-0.05, 0) is 37.2 Å². The van der Waals surface area contributed by atoms with Crippen molar-refractivity contribution in [3.05, 3.63) is 36.2 Å². The van der Waals surface area contributed by atoms with Crippen molar-refractivity contribution >= 4 is 28.6 Å². The summed E-state index contributed by atoms with van der Waals surface area (Å²) >= 11 is 1.53. The number of imidazole rings is 1. The minimum Gasteiger partial charge on any atom is -0.370 e. The number of anilines is 1. The summed E-state index contributed by atoms with van der Waals surface area (Å²) in [6.45, 7) is 5.07. The zero-order valence-corrected chi connectivity index (χ0v) is 12.9. The Morgan fingerprint density at radius 2 is 2.10 bits per heavy atom. The number of fused-ring (bicyclic) bond motifs is 1. The van der Waals surface area contributed by atoms with E-state index in [2.05, 4.69) is 32.2 Å². The van der Waals surface area contributed by atoms with Gasteiger partial charge in [0.05, 0.1) is 11.0 Å². The number of benzene rings is 1. The van der Waals surface area contributed by atoms with Gasteiger partial charge in [-0.2, -0.15) is 0 Å². The molecule has 2 N–H and O–H groups in total. The third kappa shape index (κ3) is 3.00. The number of H-pyrrole nitrogens is 1. The Morgan fingerprint density at radius 1 is 1.24 bits per heavy atom. The van der Waals surface area contributed by atoms with Gasteiger partial charge in [0.1, 0.15) is 17.2 Å². The van der Waals surface area contributed by atoms with Gasteiger partial charge in [0.25, 0.3) is 0 Å². The van der Waals surface area contributed by atoms with Gasteiger partial charge in [0.2, 0.25) is 0 Å². The summed E-state index contributed by atoms with van der Waals surface area (Å²) in [5.41, 5.74) is 3.06.